The Kier molecular flexibility index (Phi) is 5.78. The minimum atomic E-state index is -0.180. The van der Waals surface area contributed by atoms with Gasteiger partial charge in [-0.25, -0.2) is 4.98 Å². The fraction of sp³-hybridized carbons (Fsp3) is 0.154. The molecule has 3 aromatic carbocycles. The van der Waals surface area contributed by atoms with Crippen LogP contribution >= 0.6 is 0 Å². The van der Waals surface area contributed by atoms with E-state index in [0.29, 0.717) is 31.9 Å². The van der Waals surface area contributed by atoms with Gasteiger partial charge in [-0.1, -0.05) is 48.5 Å². The fourth-order valence-corrected chi connectivity index (χ4v) is 3.91. The third kappa shape index (κ3) is 4.73. The fourth-order valence-electron chi connectivity index (χ4n) is 3.91. The van der Waals surface area contributed by atoms with E-state index in [1.165, 1.54) is 0 Å². The SMILES string of the molecule is NCc1ccc(CNC(=O)c2cn3c(n2)CNc2cc(Nc4ccccc4)ccc2C3)cc1. The maximum atomic E-state index is 12.7. The average molecular weight is 439 g/mol. The van der Waals surface area contributed by atoms with Crippen LogP contribution in [-0.2, 0) is 26.2 Å². The molecule has 0 saturated heterocycles. The van der Waals surface area contributed by atoms with Crippen LogP contribution in [0.2, 0.25) is 0 Å². The van der Waals surface area contributed by atoms with Crippen LogP contribution < -0.4 is 21.7 Å². The zero-order valence-electron chi connectivity index (χ0n) is 18.2. The molecular weight excluding hydrogens is 412 g/mol. The smallest absolute Gasteiger partial charge is 0.271 e. The van der Waals surface area contributed by atoms with Crippen LogP contribution in [0.4, 0.5) is 17.1 Å². The molecule has 5 rings (SSSR count). The lowest BCUT2D eigenvalue weighted by atomic mass is 10.1. The van der Waals surface area contributed by atoms with Gasteiger partial charge >= 0.3 is 0 Å². The number of amides is 1. The average Bonchev–Trinajstić information content (AvgIpc) is 3.18. The molecule has 1 aromatic heterocycles. The van der Waals surface area contributed by atoms with E-state index in [4.69, 9.17) is 5.73 Å². The van der Waals surface area contributed by atoms with Gasteiger partial charge in [-0.2, -0.15) is 0 Å². The highest BCUT2D eigenvalue weighted by atomic mass is 16.1. The third-order valence-corrected chi connectivity index (χ3v) is 5.75. The van der Waals surface area contributed by atoms with E-state index >= 15 is 0 Å². The Labute approximate surface area is 192 Å². The van der Waals surface area contributed by atoms with Crippen LogP contribution in [-0.4, -0.2) is 15.5 Å². The molecule has 4 aromatic rings. The highest BCUT2D eigenvalue weighted by Gasteiger charge is 2.18. The van der Waals surface area contributed by atoms with Crippen molar-refractivity contribution in [1.29, 1.82) is 0 Å². The first-order valence-electron chi connectivity index (χ1n) is 11.0. The Morgan fingerprint density at radius 2 is 1.79 bits per heavy atom. The number of hydrogen-bond donors (Lipinski definition) is 4. The molecular formula is C26H26N6O. The zero-order valence-corrected chi connectivity index (χ0v) is 18.2. The lowest BCUT2D eigenvalue weighted by Crippen LogP contribution is -2.23. The number of benzene rings is 3. The van der Waals surface area contributed by atoms with E-state index in [-0.39, 0.29) is 5.91 Å². The number of imidazole rings is 1. The number of nitrogens with two attached hydrogens (primary N) is 1. The standard InChI is InChI=1S/C26H26N6O/c27-13-18-6-8-19(9-7-18)14-29-26(33)24-17-32-16-20-10-11-22(30-21-4-2-1-3-5-21)12-23(20)28-15-25(32)31-24/h1-12,17,28,30H,13-16,27H2,(H,29,33). The summed E-state index contributed by atoms with van der Waals surface area (Å²) in [6.45, 7) is 2.17. The Hall–Kier alpha value is -4.10. The molecule has 0 fully saturated rings. The van der Waals surface area contributed by atoms with Gasteiger partial charge in [0, 0.05) is 36.3 Å². The van der Waals surface area contributed by atoms with Crippen LogP contribution in [0.25, 0.3) is 0 Å². The van der Waals surface area contributed by atoms with E-state index in [0.717, 1.165) is 39.6 Å². The van der Waals surface area contributed by atoms with E-state index in [1.807, 2.05) is 65.4 Å². The van der Waals surface area contributed by atoms with E-state index in [1.54, 1.807) is 0 Å². The molecule has 0 unspecified atom stereocenters. The van der Waals surface area contributed by atoms with Crippen molar-refractivity contribution in [2.75, 3.05) is 10.6 Å². The van der Waals surface area contributed by atoms with Crippen LogP contribution in [0.1, 0.15) is 33.0 Å². The quantitative estimate of drug-likeness (QED) is 0.365. The number of nitrogens with zero attached hydrogens (tertiary/aromatic N) is 2. The van der Waals surface area contributed by atoms with Crippen molar-refractivity contribution >= 4 is 23.0 Å². The summed E-state index contributed by atoms with van der Waals surface area (Å²) in [5.74, 6) is 0.655. The summed E-state index contributed by atoms with van der Waals surface area (Å²) in [6.07, 6.45) is 1.83. The van der Waals surface area contributed by atoms with Gasteiger partial charge in [0.05, 0.1) is 13.1 Å². The third-order valence-electron chi connectivity index (χ3n) is 5.75. The number of para-hydroxylation sites is 1. The van der Waals surface area contributed by atoms with Crippen molar-refractivity contribution < 1.29 is 4.79 Å². The van der Waals surface area contributed by atoms with Crippen LogP contribution in [0, 0.1) is 0 Å². The summed E-state index contributed by atoms with van der Waals surface area (Å²) < 4.78 is 2.04. The monoisotopic (exact) mass is 438 g/mol. The molecule has 0 radical (unpaired) electrons. The van der Waals surface area contributed by atoms with Crippen molar-refractivity contribution in [3.8, 4) is 0 Å². The van der Waals surface area contributed by atoms with Crippen molar-refractivity contribution in [3.63, 3.8) is 0 Å². The summed E-state index contributed by atoms with van der Waals surface area (Å²) >= 11 is 0. The minimum Gasteiger partial charge on any atom is -0.377 e. The molecule has 0 atom stereocenters. The lowest BCUT2D eigenvalue weighted by molar-refractivity contribution is 0.0946. The van der Waals surface area contributed by atoms with Crippen molar-refractivity contribution in [1.82, 2.24) is 14.9 Å². The second-order valence-corrected chi connectivity index (χ2v) is 8.09. The molecule has 7 nitrogen and oxygen atoms in total. The largest absolute Gasteiger partial charge is 0.377 e. The number of hydrogen-bond acceptors (Lipinski definition) is 5. The van der Waals surface area contributed by atoms with Gasteiger partial charge in [-0.15, -0.1) is 0 Å². The van der Waals surface area contributed by atoms with Gasteiger partial charge < -0.3 is 26.3 Å². The highest BCUT2D eigenvalue weighted by molar-refractivity contribution is 5.92. The van der Waals surface area contributed by atoms with Crippen molar-refractivity contribution in [2.45, 2.75) is 26.2 Å². The number of carbonyl (C=O) groups excluding carboxylic acids is 1. The normalized spacial score (nSPS) is 12.2. The second kappa shape index (κ2) is 9.18. The Morgan fingerprint density at radius 3 is 2.58 bits per heavy atom. The predicted octanol–water partition coefficient (Wildman–Crippen LogP) is 3.99. The summed E-state index contributed by atoms with van der Waals surface area (Å²) in [7, 11) is 0. The lowest BCUT2D eigenvalue weighted by Gasteiger charge is -2.12. The molecule has 1 amide bonds. The number of anilines is 3. The second-order valence-electron chi connectivity index (χ2n) is 8.09. The maximum Gasteiger partial charge on any atom is 0.271 e. The van der Waals surface area contributed by atoms with Gasteiger partial charge in [0.25, 0.3) is 5.91 Å². The van der Waals surface area contributed by atoms with Crippen molar-refractivity contribution in [2.24, 2.45) is 5.73 Å². The number of aromatic nitrogens is 2. The van der Waals surface area contributed by atoms with Gasteiger partial charge in [-0.3, -0.25) is 4.79 Å². The molecule has 1 aliphatic heterocycles. The number of carbonyl (C=O) groups is 1. The first-order valence-corrected chi connectivity index (χ1v) is 11.0. The van der Waals surface area contributed by atoms with Crippen molar-refractivity contribution in [3.05, 3.63) is 107 Å². The Bertz CT molecular complexity index is 1260. The van der Waals surface area contributed by atoms with Crippen LogP contribution in [0.15, 0.2) is 79.0 Å². The molecule has 5 N–H and O–H groups in total. The molecule has 0 bridgehead atoms. The van der Waals surface area contributed by atoms with Crippen LogP contribution in [0.5, 0.6) is 0 Å². The molecule has 0 aliphatic carbocycles. The summed E-state index contributed by atoms with van der Waals surface area (Å²) in [5.41, 5.74) is 12.4. The molecule has 0 saturated carbocycles. The number of fused-ring (bicyclic) bond motifs is 2. The van der Waals surface area contributed by atoms with Crippen LogP contribution in [0.3, 0.4) is 0 Å². The van der Waals surface area contributed by atoms with Gasteiger partial charge in [0.1, 0.15) is 11.5 Å². The van der Waals surface area contributed by atoms with Gasteiger partial charge in [0.15, 0.2) is 0 Å². The van der Waals surface area contributed by atoms with E-state index in [2.05, 4.69) is 39.1 Å². The molecule has 2 heterocycles. The molecule has 166 valence electrons. The van der Waals surface area contributed by atoms with E-state index in [9.17, 15) is 4.79 Å². The summed E-state index contributed by atoms with van der Waals surface area (Å²) in [4.78, 5) is 17.3. The summed E-state index contributed by atoms with van der Waals surface area (Å²) in [5, 5.41) is 9.84. The maximum absolute atomic E-state index is 12.7. The number of rotatable bonds is 6. The van der Waals surface area contributed by atoms with E-state index < -0.39 is 0 Å². The molecule has 7 heteroatoms. The highest BCUT2D eigenvalue weighted by Crippen LogP contribution is 2.27. The van der Waals surface area contributed by atoms with Gasteiger partial charge in [-0.05, 0) is 41.0 Å². The first kappa shape index (κ1) is 20.8. The molecule has 1 aliphatic rings. The predicted molar refractivity (Wildman–Crippen MR) is 130 cm³/mol. The summed E-state index contributed by atoms with van der Waals surface area (Å²) in [6, 6.07) is 24.3. The number of nitrogens with one attached hydrogen (secondary N) is 3. The minimum absolute atomic E-state index is 0.180. The Balaban J connectivity index is 1.26. The topological polar surface area (TPSA) is 97.0 Å². The molecule has 33 heavy (non-hydrogen) atoms. The first-order chi connectivity index (χ1) is 16.2. The Morgan fingerprint density at radius 1 is 1.00 bits per heavy atom. The van der Waals surface area contributed by atoms with Gasteiger partial charge in [0.2, 0.25) is 0 Å². The molecule has 0 spiro atoms. The zero-order chi connectivity index (χ0) is 22.6.